The van der Waals surface area contributed by atoms with Crippen LogP contribution >= 0.6 is 15.9 Å². The molecule has 0 aromatic heterocycles. The molecule has 0 aliphatic carbocycles. The average Bonchev–Trinajstić information content (AvgIpc) is 2.43. The van der Waals surface area contributed by atoms with Crippen LogP contribution in [0.3, 0.4) is 0 Å². The van der Waals surface area contributed by atoms with E-state index in [2.05, 4.69) is 15.9 Å². The van der Waals surface area contributed by atoms with Gasteiger partial charge in [0.15, 0.2) is 11.5 Å². The van der Waals surface area contributed by atoms with Gasteiger partial charge in [0.25, 0.3) is 11.8 Å². The number of halogens is 1. The smallest absolute Gasteiger partial charge is 0.328 e. The molecule has 0 spiro atoms. The van der Waals surface area contributed by atoms with Crippen molar-refractivity contribution in [1.29, 1.82) is 0 Å². The van der Waals surface area contributed by atoms with Crippen LogP contribution in [0.25, 0.3) is 6.08 Å². The molecule has 1 aromatic rings. The molecule has 0 atom stereocenters. The first kappa shape index (κ1) is 13.6. The van der Waals surface area contributed by atoms with E-state index in [0.717, 1.165) is 0 Å². The fourth-order valence-electron chi connectivity index (χ4n) is 1.95. The predicted molar refractivity (Wildman–Crippen MR) is 74.8 cm³/mol. The number of carbonyl (C=O) groups is 3. The topological polar surface area (TPSA) is 93.7 Å². The van der Waals surface area contributed by atoms with Gasteiger partial charge >= 0.3 is 6.03 Å². The van der Waals surface area contributed by atoms with Crippen molar-refractivity contribution >= 4 is 39.9 Å². The van der Waals surface area contributed by atoms with E-state index in [4.69, 9.17) is 9.47 Å². The fourth-order valence-corrected chi connectivity index (χ4v) is 2.39. The van der Waals surface area contributed by atoms with Crippen LogP contribution in [0.4, 0.5) is 4.79 Å². The lowest BCUT2D eigenvalue weighted by atomic mass is 10.1. The third-order valence-electron chi connectivity index (χ3n) is 2.90. The van der Waals surface area contributed by atoms with Crippen LogP contribution in [-0.2, 0) is 9.59 Å². The third kappa shape index (κ3) is 2.62. The van der Waals surface area contributed by atoms with Crippen molar-refractivity contribution in [3.8, 4) is 11.5 Å². The molecule has 0 unspecified atom stereocenters. The minimum atomic E-state index is -0.830. The second-order valence-corrected chi connectivity index (χ2v) is 5.17. The normalized spacial score (nSPS) is 17.2. The standard InChI is InChI=1S/C13H9BrN2O5/c14-8-5-10-9(20-1-2-21-10)4-6(8)3-7-11(17)15-13(19)16-12(7)18/h3-5H,1-2H2,(H2,15,16,17,18,19). The van der Waals surface area contributed by atoms with Gasteiger partial charge in [0, 0.05) is 4.47 Å². The number of barbiturate groups is 1. The monoisotopic (exact) mass is 352 g/mol. The summed E-state index contributed by atoms with van der Waals surface area (Å²) in [5.41, 5.74) is 0.404. The van der Waals surface area contributed by atoms with E-state index in [1.165, 1.54) is 6.08 Å². The zero-order chi connectivity index (χ0) is 15.0. The Morgan fingerprint density at radius 2 is 1.57 bits per heavy atom. The first-order valence-corrected chi connectivity index (χ1v) is 6.81. The molecule has 2 heterocycles. The van der Waals surface area contributed by atoms with Crippen LogP contribution in [-0.4, -0.2) is 31.1 Å². The maximum Gasteiger partial charge on any atom is 0.328 e. The van der Waals surface area contributed by atoms with Crippen molar-refractivity contribution < 1.29 is 23.9 Å². The number of urea groups is 1. The highest BCUT2D eigenvalue weighted by atomic mass is 79.9. The van der Waals surface area contributed by atoms with E-state index in [0.29, 0.717) is 34.7 Å². The maximum atomic E-state index is 11.7. The molecule has 2 aliphatic heterocycles. The Labute approximate surface area is 127 Å². The molecule has 3 rings (SSSR count). The van der Waals surface area contributed by atoms with Crippen LogP contribution < -0.4 is 20.1 Å². The number of carbonyl (C=O) groups excluding carboxylic acids is 3. The molecule has 8 heteroatoms. The van der Waals surface area contributed by atoms with Crippen LogP contribution in [0.2, 0.25) is 0 Å². The van der Waals surface area contributed by atoms with Crippen LogP contribution in [0.15, 0.2) is 22.2 Å². The van der Waals surface area contributed by atoms with Crippen LogP contribution in [0.1, 0.15) is 5.56 Å². The lowest BCUT2D eigenvalue weighted by Gasteiger charge is -2.19. The Morgan fingerprint density at radius 1 is 1.00 bits per heavy atom. The molecule has 21 heavy (non-hydrogen) atoms. The summed E-state index contributed by atoms with van der Waals surface area (Å²) in [6.07, 6.45) is 1.37. The van der Waals surface area contributed by atoms with Gasteiger partial charge < -0.3 is 9.47 Å². The van der Waals surface area contributed by atoms with Gasteiger partial charge in [0.1, 0.15) is 18.8 Å². The van der Waals surface area contributed by atoms with E-state index < -0.39 is 17.8 Å². The van der Waals surface area contributed by atoms with Gasteiger partial charge in [-0.05, 0) is 23.8 Å². The predicted octanol–water partition coefficient (Wildman–Crippen LogP) is 0.970. The number of rotatable bonds is 1. The number of fused-ring (bicyclic) bond motifs is 1. The molecule has 1 saturated heterocycles. The Bertz CT molecular complexity index is 676. The second kappa shape index (κ2) is 5.21. The van der Waals surface area contributed by atoms with Crippen molar-refractivity contribution in [2.24, 2.45) is 0 Å². The van der Waals surface area contributed by atoms with Crippen molar-refractivity contribution in [3.05, 3.63) is 27.7 Å². The molecular weight excluding hydrogens is 344 g/mol. The van der Waals surface area contributed by atoms with Gasteiger partial charge in [-0.25, -0.2) is 4.79 Å². The van der Waals surface area contributed by atoms with Crippen molar-refractivity contribution in [2.75, 3.05) is 13.2 Å². The summed E-state index contributed by atoms with van der Waals surface area (Å²) in [5.74, 6) is -0.372. The second-order valence-electron chi connectivity index (χ2n) is 4.31. The van der Waals surface area contributed by atoms with Gasteiger partial charge in [-0.15, -0.1) is 0 Å². The average molecular weight is 353 g/mol. The third-order valence-corrected chi connectivity index (χ3v) is 3.59. The molecule has 108 valence electrons. The Kier molecular flexibility index (Phi) is 3.38. The van der Waals surface area contributed by atoms with E-state index in [1.54, 1.807) is 12.1 Å². The van der Waals surface area contributed by atoms with Gasteiger partial charge in [-0.1, -0.05) is 15.9 Å². The first-order chi connectivity index (χ1) is 10.0. The van der Waals surface area contributed by atoms with E-state index >= 15 is 0 Å². The first-order valence-electron chi connectivity index (χ1n) is 6.02. The molecule has 0 radical (unpaired) electrons. The van der Waals surface area contributed by atoms with E-state index in [-0.39, 0.29) is 5.57 Å². The highest BCUT2D eigenvalue weighted by Crippen LogP contribution is 2.36. The minimum absolute atomic E-state index is 0.160. The zero-order valence-electron chi connectivity index (χ0n) is 10.6. The quantitative estimate of drug-likeness (QED) is 0.580. The molecule has 4 amide bonds. The fraction of sp³-hybridized carbons (Fsp3) is 0.154. The van der Waals surface area contributed by atoms with Gasteiger partial charge in [0.05, 0.1) is 0 Å². The molecule has 7 nitrogen and oxygen atoms in total. The van der Waals surface area contributed by atoms with Gasteiger partial charge in [0.2, 0.25) is 0 Å². The summed E-state index contributed by atoms with van der Waals surface area (Å²) >= 11 is 3.34. The Hall–Kier alpha value is -2.35. The molecule has 2 N–H and O–H groups in total. The molecule has 1 aromatic carbocycles. The summed E-state index contributed by atoms with van der Waals surface area (Å²) in [7, 11) is 0. The lowest BCUT2D eigenvalue weighted by Crippen LogP contribution is -2.51. The van der Waals surface area contributed by atoms with Crippen LogP contribution in [0, 0.1) is 0 Å². The maximum absolute atomic E-state index is 11.7. The molecular formula is C13H9BrN2O5. The number of hydrogen-bond acceptors (Lipinski definition) is 5. The van der Waals surface area contributed by atoms with Crippen LogP contribution in [0.5, 0.6) is 11.5 Å². The summed E-state index contributed by atoms with van der Waals surface area (Å²) in [5, 5.41) is 4.02. The molecule has 2 aliphatic rings. The summed E-state index contributed by atoms with van der Waals surface area (Å²) < 4.78 is 11.5. The molecule has 0 saturated carbocycles. The molecule has 0 bridgehead atoms. The van der Waals surface area contributed by atoms with Gasteiger partial charge in [-0.3, -0.25) is 20.2 Å². The van der Waals surface area contributed by atoms with E-state index in [9.17, 15) is 14.4 Å². The van der Waals surface area contributed by atoms with Crippen molar-refractivity contribution in [2.45, 2.75) is 0 Å². The zero-order valence-corrected chi connectivity index (χ0v) is 12.2. The number of amides is 4. The number of hydrogen-bond donors (Lipinski definition) is 2. The Morgan fingerprint density at radius 3 is 2.19 bits per heavy atom. The molecule has 1 fully saturated rings. The lowest BCUT2D eigenvalue weighted by molar-refractivity contribution is -0.123. The van der Waals surface area contributed by atoms with Gasteiger partial charge in [-0.2, -0.15) is 0 Å². The number of ether oxygens (including phenoxy) is 2. The van der Waals surface area contributed by atoms with Crippen molar-refractivity contribution in [3.63, 3.8) is 0 Å². The minimum Gasteiger partial charge on any atom is -0.486 e. The Balaban J connectivity index is 2.00. The summed E-state index contributed by atoms with van der Waals surface area (Å²) in [6.45, 7) is 0.896. The number of benzene rings is 1. The number of nitrogens with one attached hydrogen (secondary N) is 2. The highest BCUT2D eigenvalue weighted by Gasteiger charge is 2.28. The van der Waals surface area contributed by atoms with Crippen molar-refractivity contribution in [1.82, 2.24) is 10.6 Å². The summed E-state index contributed by atoms with van der Waals surface area (Å²) in [4.78, 5) is 34.4. The van der Waals surface area contributed by atoms with E-state index in [1.807, 2.05) is 10.6 Å². The summed E-state index contributed by atoms with van der Waals surface area (Å²) in [6, 6.07) is 2.52. The SMILES string of the molecule is O=C1NC(=O)C(=Cc2cc3c(cc2Br)OCCO3)C(=O)N1. The highest BCUT2D eigenvalue weighted by molar-refractivity contribution is 9.10. The number of imide groups is 2. The largest absolute Gasteiger partial charge is 0.486 e.